The topological polar surface area (TPSA) is 92.5 Å². The molecule has 180 valence electrons. The lowest BCUT2D eigenvalue weighted by Crippen LogP contribution is -2.38. The Labute approximate surface area is 198 Å². The quantitative estimate of drug-likeness (QED) is 0.578. The van der Waals surface area contributed by atoms with Crippen LogP contribution in [0.25, 0.3) is 16.9 Å². The SMILES string of the molecule is FC1=C(F)C2N=C(CNc3nc(N4CCOCC4)nc4c3ncn4-c3cccc(F)c3)NC2C=C1. The number of ether oxygens (including phenoxy) is 1. The molecular weight excluding hydrogens is 461 g/mol. The summed E-state index contributed by atoms with van der Waals surface area (Å²) in [5.74, 6) is -0.754. The largest absolute Gasteiger partial charge is 0.378 e. The van der Waals surface area contributed by atoms with Gasteiger partial charge in [-0.3, -0.25) is 9.56 Å². The zero-order valence-electron chi connectivity index (χ0n) is 18.5. The summed E-state index contributed by atoms with van der Waals surface area (Å²) in [6.45, 7) is 2.55. The highest BCUT2D eigenvalue weighted by molar-refractivity contribution is 5.92. The molecule has 2 N–H and O–H groups in total. The second kappa shape index (κ2) is 8.69. The first kappa shape index (κ1) is 21.6. The summed E-state index contributed by atoms with van der Waals surface area (Å²) >= 11 is 0. The standard InChI is InChI=1S/C23H21F3N8O/c24-13-2-1-3-14(10-13)34-12-28-20-21(31-23(32-22(20)34)33-6-8-35-9-7-33)27-11-17-29-16-5-4-15(25)18(26)19(16)30-17/h1-5,10,12,16,19H,6-9,11H2,(H,29,30)(H,27,31,32). The fourth-order valence-electron chi connectivity index (χ4n) is 4.33. The lowest BCUT2D eigenvalue weighted by atomic mass is 10.0. The second-order valence-corrected chi connectivity index (χ2v) is 8.34. The van der Waals surface area contributed by atoms with Gasteiger partial charge in [0.1, 0.15) is 24.0 Å². The van der Waals surface area contributed by atoms with Crippen LogP contribution in [-0.2, 0) is 4.74 Å². The summed E-state index contributed by atoms with van der Waals surface area (Å²) in [6, 6.07) is 4.80. The van der Waals surface area contributed by atoms with Crippen molar-refractivity contribution < 1.29 is 17.9 Å². The smallest absolute Gasteiger partial charge is 0.229 e. The number of amidine groups is 1. The summed E-state index contributed by atoms with van der Waals surface area (Å²) in [7, 11) is 0. The van der Waals surface area contributed by atoms with Gasteiger partial charge in [0.15, 0.2) is 28.6 Å². The van der Waals surface area contributed by atoms with Crippen LogP contribution in [0.1, 0.15) is 0 Å². The molecular formula is C23H21F3N8O. The van der Waals surface area contributed by atoms with E-state index in [1.54, 1.807) is 29.1 Å². The Balaban J connectivity index is 1.34. The molecule has 6 rings (SSSR count). The van der Waals surface area contributed by atoms with E-state index in [9.17, 15) is 13.2 Å². The van der Waals surface area contributed by atoms with Crippen LogP contribution in [0.2, 0.25) is 0 Å². The maximum atomic E-state index is 14.1. The lowest BCUT2D eigenvalue weighted by molar-refractivity contribution is 0.122. The van der Waals surface area contributed by atoms with Crippen LogP contribution < -0.4 is 15.5 Å². The number of imidazole rings is 1. The third-order valence-corrected chi connectivity index (χ3v) is 6.09. The van der Waals surface area contributed by atoms with E-state index in [1.807, 2.05) is 4.90 Å². The second-order valence-electron chi connectivity index (χ2n) is 8.34. The van der Waals surface area contributed by atoms with Gasteiger partial charge >= 0.3 is 0 Å². The van der Waals surface area contributed by atoms with Gasteiger partial charge in [-0.05, 0) is 24.3 Å². The van der Waals surface area contributed by atoms with Crippen LogP contribution in [0.4, 0.5) is 24.9 Å². The number of fused-ring (bicyclic) bond motifs is 2. The number of allylic oxidation sites excluding steroid dienone is 2. The van der Waals surface area contributed by atoms with E-state index in [-0.39, 0.29) is 12.4 Å². The Morgan fingerprint density at radius 2 is 2.00 bits per heavy atom. The fraction of sp³-hybridized carbons (Fsp3) is 0.304. The number of morpholine rings is 1. The minimum absolute atomic E-state index is 0.192. The number of hydrogen-bond donors (Lipinski definition) is 2. The van der Waals surface area contributed by atoms with Gasteiger partial charge < -0.3 is 20.3 Å². The van der Waals surface area contributed by atoms with Crippen molar-refractivity contribution in [1.82, 2.24) is 24.8 Å². The summed E-state index contributed by atoms with van der Waals surface area (Å²) in [6.07, 6.45) is 4.23. The first-order valence-electron chi connectivity index (χ1n) is 11.2. The van der Waals surface area contributed by atoms with Crippen LogP contribution >= 0.6 is 0 Å². The predicted octanol–water partition coefficient (Wildman–Crippen LogP) is 2.66. The van der Waals surface area contributed by atoms with Crippen molar-refractivity contribution in [2.75, 3.05) is 43.1 Å². The fourth-order valence-corrected chi connectivity index (χ4v) is 4.33. The van der Waals surface area contributed by atoms with Gasteiger partial charge in [-0.25, -0.2) is 18.2 Å². The summed E-state index contributed by atoms with van der Waals surface area (Å²) in [5.41, 5.74) is 1.56. The molecule has 0 spiro atoms. The van der Waals surface area contributed by atoms with Crippen LogP contribution in [0.3, 0.4) is 0 Å². The normalized spacial score (nSPS) is 21.8. The molecule has 2 aliphatic heterocycles. The Kier molecular flexibility index (Phi) is 5.36. The van der Waals surface area contributed by atoms with Crippen molar-refractivity contribution in [3.8, 4) is 5.69 Å². The molecule has 0 saturated carbocycles. The average molecular weight is 482 g/mol. The van der Waals surface area contributed by atoms with Crippen LogP contribution in [0.5, 0.6) is 0 Å². The molecule has 4 heterocycles. The van der Waals surface area contributed by atoms with E-state index in [4.69, 9.17) is 9.72 Å². The molecule has 0 bridgehead atoms. The molecule has 0 radical (unpaired) electrons. The van der Waals surface area contributed by atoms with Gasteiger partial charge in [-0.1, -0.05) is 12.1 Å². The van der Waals surface area contributed by atoms with Gasteiger partial charge in [-0.2, -0.15) is 9.97 Å². The van der Waals surface area contributed by atoms with Gasteiger partial charge in [0.05, 0.1) is 31.5 Å². The van der Waals surface area contributed by atoms with Crippen molar-refractivity contribution in [3.63, 3.8) is 0 Å². The molecule has 3 aromatic rings. The zero-order chi connectivity index (χ0) is 23.9. The molecule has 0 amide bonds. The molecule has 9 nitrogen and oxygen atoms in total. The van der Waals surface area contributed by atoms with Gasteiger partial charge in [0, 0.05) is 13.1 Å². The molecule has 1 fully saturated rings. The summed E-state index contributed by atoms with van der Waals surface area (Å²) in [5, 5.41) is 6.31. The van der Waals surface area contributed by atoms with Crippen LogP contribution in [-0.4, -0.2) is 70.3 Å². The molecule has 2 unspecified atom stereocenters. The van der Waals surface area contributed by atoms with Crippen LogP contribution in [0, 0.1) is 5.82 Å². The highest BCUT2D eigenvalue weighted by Crippen LogP contribution is 2.28. The van der Waals surface area contributed by atoms with E-state index in [0.29, 0.717) is 60.8 Å². The number of benzene rings is 1. The number of aromatic nitrogens is 4. The van der Waals surface area contributed by atoms with Gasteiger partial charge in [-0.15, -0.1) is 0 Å². The average Bonchev–Trinajstić information content (AvgIpc) is 3.50. The highest BCUT2D eigenvalue weighted by Gasteiger charge is 2.34. The zero-order valence-corrected chi connectivity index (χ0v) is 18.5. The van der Waals surface area contributed by atoms with Gasteiger partial charge in [0.25, 0.3) is 0 Å². The van der Waals surface area contributed by atoms with E-state index in [1.165, 1.54) is 12.1 Å². The number of anilines is 2. The lowest BCUT2D eigenvalue weighted by Gasteiger charge is -2.27. The van der Waals surface area contributed by atoms with Crippen molar-refractivity contribution in [3.05, 3.63) is 60.2 Å². The minimum Gasteiger partial charge on any atom is -0.378 e. The van der Waals surface area contributed by atoms with E-state index < -0.39 is 23.7 Å². The number of aliphatic imine (C=N–C) groups is 1. The van der Waals surface area contributed by atoms with Crippen LogP contribution in [0.15, 0.2) is 59.4 Å². The number of nitrogens with zero attached hydrogens (tertiary/aromatic N) is 6. The molecule has 12 heteroatoms. The van der Waals surface area contributed by atoms with Crippen molar-refractivity contribution in [2.24, 2.45) is 4.99 Å². The first-order chi connectivity index (χ1) is 17.1. The number of halogens is 3. The first-order valence-corrected chi connectivity index (χ1v) is 11.2. The van der Waals surface area contributed by atoms with Crippen molar-refractivity contribution in [1.29, 1.82) is 0 Å². The number of rotatable bonds is 5. The Morgan fingerprint density at radius 1 is 1.14 bits per heavy atom. The van der Waals surface area contributed by atoms with E-state index in [0.717, 1.165) is 6.08 Å². The molecule has 35 heavy (non-hydrogen) atoms. The van der Waals surface area contributed by atoms with E-state index in [2.05, 4.69) is 25.6 Å². The predicted molar refractivity (Wildman–Crippen MR) is 125 cm³/mol. The molecule has 2 aromatic heterocycles. The maximum absolute atomic E-state index is 14.1. The Hall–Kier alpha value is -3.93. The van der Waals surface area contributed by atoms with Crippen molar-refractivity contribution in [2.45, 2.75) is 12.1 Å². The minimum atomic E-state index is -0.918. The molecule has 2 atom stereocenters. The summed E-state index contributed by atoms with van der Waals surface area (Å²) < 4.78 is 48.8. The number of nitrogens with one attached hydrogen (secondary N) is 2. The number of hydrogen-bond acceptors (Lipinski definition) is 8. The third-order valence-electron chi connectivity index (χ3n) is 6.09. The highest BCUT2D eigenvalue weighted by atomic mass is 19.2. The maximum Gasteiger partial charge on any atom is 0.229 e. The third kappa shape index (κ3) is 3.99. The van der Waals surface area contributed by atoms with Crippen molar-refractivity contribution >= 4 is 28.8 Å². The molecule has 3 aliphatic rings. The summed E-state index contributed by atoms with van der Waals surface area (Å²) in [4.78, 5) is 20.2. The van der Waals surface area contributed by atoms with Gasteiger partial charge in [0.2, 0.25) is 5.95 Å². The Morgan fingerprint density at radius 3 is 2.83 bits per heavy atom. The molecule has 1 aliphatic carbocycles. The monoisotopic (exact) mass is 482 g/mol. The van der Waals surface area contributed by atoms with E-state index >= 15 is 0 Å². The Bertz CT molecular complexity index is 1380. The molecule has 1 aromatic carbocycles. The molecule has 1 saturated heterocycles.